The second-order valence-electron chi connectivity index (χ2n) is 6.92. The summed E-state index contributed by atoms with van der Waals surface area (Å²) in [6, 6.07) is 18.2. The molecule has 0 saturated carbocycles. The number of hydrogen-bond acceptors (Lipinski definition) is 5. The van der Waals surface area contributed by atoms with E-state index in [0.29, 0.717) is 45.5 Å². The van der Waals surface area contributed by atoms with Gasteiger partial charge in [0.05, 0.1) is 11.3 Å². The molecular weight excluding hydrogens is 415 g/mol. The standard InChI is InChI=1S/C23H16ClFN6/c24-12-14-3-6-16(7-4-14)31-22(17-2-1-11-27-21(17)26)30-19-9-8-18(29-23(19)31)15-5-10-20(25)28-13-15/h1-11,13H,12H2,(H2,26,27). The van der Waals surface area contributed by atoms with Crippen LogP contribution in [0.25, 0.3) is 39.5 Å². The Labute approximate surface area is 182 Å². The monoisotopic (exact) mass is 430 g/mol. The number of alkyl halides is 1. The van der Waals surface area contributed by atoms with Crippen LogP contribution in [0.4, 0.5) is 10.2 Å². The van der Waals surface area contributed by atoms with Crippen LogP contribution in [-0.4, -0.2) is 24.5 Å². The molecule has 1 aromatic carbocycles. The van der Waals surface area contributed by atoms with Gasteiger partial charge < -0.3 is 5.73 Å². The summed E-state index contributed by atoms with van der Waals surface area (Å²) >= 11 is 5.96. The van der Waals surface area contributed by atoms with Crippen molar-refractivity contribution in [1.82, 2.24) is 24.5 Å². The molecule has 0 unspecified atom stereocenters. The Balaban J connectivity index is 1.77. The summed E-state index contributed by atoms with van der Waals surface area (Å²) in [4.78, 5) is 17.5. The van der Waals surface area contributed by atoms with Crippen LogP contribution < -0.4 is 5.73 Å². The first-order chi connectivity index (χ1) is 15.1. The molecule has 152 valence electrons. The molecule has 0 amide bonds. The molecule has 6 nitrogen and oxygen atoms in total. The largest absolute Gasteiger partial charge is 0.383 e. The van der Waals surface area contributed by atoms with Gasteiger partial charge in [0.2, 0.25) is 5.95 Å². The van der Waals surface area contributed by atoms with E-state index in [1.165, 1.54) is 12.3 Å². The van der Waals surface area contributed by atoms with Crippen molar-refractivity contribution in [3.8, 4) is 28.3 Å². The third-order valence-corrected chi connectivity index (χ3v) is 5.26. The van der Waals surface area contributed by atoms with E-state index in [4.69, 9.17) is 27.3 Å². The SMILES string of the molecule is Nc1ncccc1-c1nc2ccc(-c3ccc(F)nc3)nc2n1-c1ccc(CCl)cc1. The van der Waals surface area contributed by atoms with Crippen molar-refractivity contribution in [3.63, 3.8) is 0 Å². The maximum absolute atomic E-state index is 13.3. The number of fused-ring (bicyclic) bond motifs is 1. The van der Waals surface area contributed by atoms with Crippen LogP contribution in [0.3, 0.4) is 0 Å². The van der Waals surface area contributed by atoms with Crippen molar-refractivity contribution >= 4 is 28.6 Å². The van der Waals surface area contributed by atoms with E-state index in [2.05, 4.69) is 9.97 Å². The molecule has 0 spiro atoms. The van der Waals surface area contributed by atoms with Gasteiger partial charge in [-0.2, -0.15) is 4.39 Å². The van der Waals surface area contributed by atoms with E-state index in [1.807, 2.05) is 53.1 Å². The predicted octanol–water partition coefficient (Wildman–Crippen LogP) is 5.00. The highest BCUT2D eigenvalue weighted by molar-refractivity contribution is 6.17. The second-order valence-corrected chi connectivity index (χ2v) is 7.18. The first-order valence-electron chi connectivity index (χ1n) is 9.51. The number of nitrogen functional groups attached to an aromatic ring is 1. The molecule has 5 aromatic rings. The number of benzene rings is 1. The number of halogens is 2. The maximum atomic E-state index is 13.3. The minimum Gasteiger partial charge on any atom is -0.383 e. The maximum Gasteiger partial charge on any atom is 0.212 e. The lowest BCUT2D eigenvalue weighted by molar-refractivity contribution is 0.584. The van der Waals surface area contributed by atoms with Gasteiger partial charge in [-0.3, -0.25) is 4.57 Å². The van der Waals surface area contributed by atoms with Crippen LogP contribution in [0.5, 0.6) is 0 Å². The zero-order valence-corrected chi connectivity index (χ0v) is 17.0. The third kappa shape index (κ3) is 3.49. The average Bonchev–Trinajstić information content (AvgIpc) is 3.18. The van der Waals surface area contributed by atoms with Gasteiger partial charge in [0.25, 0.3) is 0 Å². The average molecular weight is 431 g/mol. The van der Waals surface area contributed by atoms with Gasteiger partial charge in [0.15, 0.2) is 11.5 Å². The van der Waals surface area contributed by atoms with Crippen LogP contribution in [0, 0.1) is 5.95 Å². The van der Waals surface area contributed by atoms with Crippen LogP contribution in [0.1, 0.15) is 5.56 Å². The molecule has 2 N–H and O–H groups in total. The molecule has 0 aliphatic heterocycles. The van der Waals surface area contributed by atoms with E-state index >= 15 is 0 Å². The summed E-state index contributed by atoms with van der Waals surface area (Å²) in [5, 5.41) is 0. The normalized spacial score (nSPS) is 11.2. The van der Waals surface area contributed by atoms with E-state index < -0.39 is 5.95 Å². The van der Waals surface area contributed by atoms with Crippen molar-refractivity contribution in [1.29, 1.82) is 0 Å². The Kier molecular flexibility index (Phi) is 4.80. The Hall–Kier alpha value is -3.84. The highest BCUT2D eigenvalue weighted by Gasteiger charge is 2.18. The topological polar surface area (TPSA) is 82.5 Å². The van der Waals surface area contributed by atoms with E-state index in [-0.39, 0.29) is 0 Å². The molecule has 0 saturated heterocycles. The molecule has 5 rings (SSSR count). The van der Waals surface area contributed by atoms with Crippen LogP contribution >= 0.6 is 11.6 Å². The minimum absolute atomic E-state index is 0.374. The number of imidazole rings is 1. The number of nitrogens with zero attached hydrogens (tertiary/aromatic N) is 5. The molecular formula is C23H16ClFN6. The molecule has 4 heterocycles. The Morgan fingerprint density at radius 1 is 0.935 bits per heavy atom. The fraction of sp³-hybridized carbons (Fsp3) is 0.0435. The van der Waals surface area contributed by atoms with Gasteiger partial charge in [-0.1, -0.05) is 12.1 Å². The van der Waals surface area contributed by atoms with Crippen molar-refractivity contribution in [3.05, 3.63) is 84.6 Å². The number of anilines is 1. The molecule has 0 atom stereocenters. The summed E-state index contributed by atoms with van der Waals surface area (Å²) in [6.45, 7) is 0. The molecule has 0 fully saturated rings. The number of rotatable bonds is 4. The fourth-order valence-electron chi connectivity index (χ4n) is 3.41. The zero-order valence-electron chi connectivity index (χ0n) is 16.2. The number of aromatic nitrogens is 5. The van der Waals surface area contributed by atoms with E-state index in [0.717, 1.165) is 11.3 Å². The number of nitrogens with two attached hydrogens (primary N) is 1. The lowest BCUT2D eigenvalue weighted by atomic mass is 10.2. The number of hydrogen-bond donors (Lipinski definition) is 1. The third-order valence-electron chi connectivity index (χ3n) is 4.96. The summed E-state index contributed by atoms with van der Waals surface area (Å²) in [5.41, 5.74) is 11.4. The van der Waals surface area contributed by atoms with Gasteiger partial charge in [0, 0.05) is 29.5 Å². The van der Waals surface area contributed by atoms with E-state index in [9.17, 15) is 4.39 Å². The molecule has 0 radical (unpaired) electrons. The van der Waals surface area contributed by atoms with Crippen molar-refractivity contribution in [2.24, 2.45) is 0 Å². The molecule has 8 heteroatoms. The lowest BCUT2D eigenvalue weighted by Crippen LogP contribution is -2.02. The Morgan fingerprint density at radius 3 is 2.48 bits per heavy atom. The smallest absolute Gasteiger partial charge is 0.212 e. The summed E-state index contributed by atoms with van der Waals surface area (Å²) < 4.78 is 15.2. The van der Waals surface area contributed by atoms with Gasteiger partial charge in [-0.05, 0) is 54.1 Å². The number of pyridine rings is 3. The highest BCUT2D eigenvalue weighted by Crippen LogP contribution is 2.31. The van der Waals surface area contributed by atoms with Crippen LogP contribution in [-0.2, 0) is 5.88 Å². The summed E-state index contributed by atoms with van der Waals surface area (Å²) in [5.74, 6) is 0.886. The molecule has 0 bridgehead atoms. The Bertz CT molecular complexity index is 1380. The Morgan fingerprint density at radius 2 is 1.77 bits per heavy atom. The first kappa shape index (κ1) is 19.1. The molecule has 0 aliphatic rings. The summed E-state index contributed by atoms with van der Waals surface area (Å²) in [7, 11) is 0. The first-order valence-corrected chi connectivity index (χ1v) is 10.0. The quantitative estimate of drug-likeness (QED) is 0.320. The zero-order chi connectivity index (χ0) is 21.4. The van der Waals surface area contributed by atoms with Crippen molar-refractivity contribution < 1.29 is 4.39 Å². The highest BCUT2D eigenvalue weighted by atomic mass is 35.5. The minimum atomic E-state index is -0.538. The van der Waals surface area contributed by atoms with Crippen LogP contribution in [0.15, 0.2) is 73.1 Å². The predicted molar refractivity (Wildman–Crippen MR) is 119 cm³/mol. The van der Waals surface area contributed by atoms with E-state index in [1.54, 1.807) is 12.3 Å². The lowest BCUT2D eigenvalue weighted by Gasteiger charge is -2.11. The van der Waals surface area contributed by atoms with Crippen molar-refractivity contribution in [2.75, 3.05) is 5.73 Å². The van der Waals surface area contributed by atoms with Gasteiger partial charge in [0.1, 0.15) is 11.3 Å². The van der Waals surface area contributed by atoms with Gasteiger partial charge >= 0.3 is 0 Å². The fourth-order valence-corrected chi connectivity index (χ4v) is 3.59. The molecule has 0 aliphatic carbocycles. The van der Waals surface area contributed by atoms with Crippen LogP contribution in [0.2, 0.25) is 0 Å². The molecule has 4 aromatic heterocycles. The van der Waals surface area contributed by atoms with Gasteiger partial charge in [-0.15, -0.1) is 11.6 Å². The second kappa shape index (κ2) is 7.77. The van der Waals surface area contributed by atoms with Gasteiger partial charge in [-0.25, -0.2) is 19.9 Å². The summed E-state index contributed by atoms with van der Waals surface area (Å²) in [6.07, 6.45) is 3.10. The van der Waals surface area contributed by atoms with Crippen molar-refractivity contribution in [2.45, 2.75) is 5.88 Å². The molecule has 31 heavy (non-hydrogen) atoms.